The zero-order valence-electron chi connectivity index (χ0n) is 20.4. The van der Waals surface area contributed by atoms with Gasteiger partial charge in [-0.25, -0.2) is 15.0 Å². The van der Waals surface area contributed by atoms with Crippen LogP contribution in [0.5, 0.6) is 0 Å². The highest BCUT2D eigenvalue weighted by Gasteiger charge is 2.27. The average molecular weight is 465 g/mol. The quantitative estimate of drug-likeness (QED) is 0.390. The molecule has 0 bridgehead atoms. The van der Waals surface area contributed by atoms with Crippen LogP contribution in [0.3, 0.4) is 0 Å². The summed E-state index contributed by atoms with van der Waals surface area (Å²) in [5, 5.41) is 5.01. The van der Waals surface area contributed by atoms with Crippen LogP contribution in [0.2, 0.25) is 0 Å². The number of amides is 2. The first-order valence-electron chi connectivity index (χ1n) is 11.0. The molecule has 1 aromatic rings. The molecule has 10 heteroatoms. The fourth-order valence-electron chi connectivity index (χ4n) is 2.77. The van der Waals surface area contributed by atoms with E-state index in [1.807, 2.05) is 0 Å². The number of carbonyl (C=O) groups excluding carboxylic acids is 2. The summed E-state index contributed by atoms with van der Waals surface area (Å²) in [4.78, 5) is 32.6. The average Bonchev–Trinajstić information content (AvgIpc) is 2.70. The predicted octanol–water partition coefficient (Wildman–Crippen LogP) is 3.55. The molecule has 1 heterocycles. The largest absolute Gasteiger partial charge is 0.443 e. The molecule has 0 saturated carbocycles. The van der Waals surface area contributed by atoms with Gasteiger partial charge in [-0.1, -0.05) is 17.3 Å². The molecule has 0 atom stereocenters. The summed E-state index contributed by atoms with van der Waals surface area (Å²) in [6, 6.07) is 6.82. The minimum Gasteiger partial charge on any atom is -0.443 e. The van der Waals surface area contributed by atoms with Crippen LogP contribution in [-0.4, -0.2) is 74.0 Å². The lowest BCUT2D eigenvalue weighted by atomic mass is 10.2. The molecular formula is C23H36N4O6. The summed E-state index contributed by atoms with van der Waals surface area (Å²) in [6.45, 7) is 15.0. The van der Waals surface area contributed by atoms with E-state index < -0.39 is 23.4 Å². The monoisotopic (exact) mass is 464 g/mol. The topological polar surface area (TPSA) is 102 Å². The number of ether oxygens (including phenoxy) is 3. The van der Waals surface area contributed by atoms with Crippen LogP contribution < -0.4 is 10.4 Å². The van der Waals surface area contributed by atoms with Gasteiger partial charge < -0.3 is 19.0 Å². The Morgan fingerprint density at radius 3 is 2.24 bits per heavy atom. The van der Waals surface area contributed by atoms with Crippen molar-refractivity contribution in [3.05, 3.63) is 29.8 Å². The van der Waals surface area contributed by atoms with E-state index in [1.165, 1.54) is 0 Å². The third-order valence-electron chi connectivity index (χ3n) is 4.21. The standard InChI is InChI=1S/C23H36N4O6/c1-22(2,3)32-20(28)25-27(21(29)33-23(4,5)6)19-9-7-18(8-10-19)17-24-31-16-13-26-11-14-30-15-12-26/h7-10,17H,11-16H2,1-6H3,(H,25,28). The van der Waals surface area contributed by atoms with Gasteiger partial charge in [0.05, 0.1) is 25.1 Å². The number of morpholine rings is 1. The molecular weight excluding hydrogens is 428 g/mol. The molecule has 184 valence electrons. The molecule has 0 aromatic heterocycles. The molecule has 1 aliphatic rings. The number of nitrogens with zero attached hydrogens (tertiary/aromatic N) is 3. The zero-order valence-corrected chi connectivity index (χ0v) is 20.4. The normalized spacial score (nSPS) is 15.2. The van der Waals surface area contributed by atoms with E-state index in [-0.39, 0.29) is 0 Å². The lowest BCUT2D eigenvalue weighted by Crippen LogP contribution is -2.50. The highest BCUT2D eigenvalue weighted by Crippen LogP contribution is 2.18. The fraction of sp³-hybridized carbons (Fsp3) is 0.609. The molecule has 33 heavy (non-hydrogen) atoms. The van der Waals surface area contributed by atoms with Crippen LogP contribution in [0, 0.1) is 0 Å². The van der Waals surface area contributed by atoms with E-state index in [0.717, 1.165) is 43.4 Å². The Balaban J connectivity index is 1.98. The van der Waals surface area contributed by atoms with Gasteiger partial charge in [-0.3, -0.25) is 4.90 Å². The third-order valence-corrected chi connectivity index (χ3v) is 4.21. The molecule has 2 rings (SSSR count). The Morgan fingerprint density at radius 1 is 1.06 bits per heavy atom. The van der Waals surface area contributed by atoms with E-state index in [2.05, 4.69) is 15.5 Å². The number of hydrazine groups is 1. The molecule has 1 aliphatic heterocycles. The zero-order chi connectivity index (χ0) is 24.5. The molecule has 0 radical (unpaired) electrons. The van der Waals surface area contributed by atoms with E-state index in [0.29, 0.717) is 12.3 Å². The van der Waals surface area contributed by atoms with Crippen LogP contribution in [0.25, 0.3) is 0 Å². The Morgan fingerprint density at radius 2 is 1.67 bits per heavy atom. The van der Waals surface area contributed by atoms with Crippen molar-refractivity contribution in [3.63, 3.8) is 0 Å². The number of oxime groups is 1. The molecule has 10 nitrogen and oxygen atoms in total. The van der Waals surface area contributed by atoms with E-state index in [9.17, 15) is 9.59 Å². The highest BCUT2D eigenvalue weighted by atomic mass is 16.6. The number of carbonyl (C=O) groups is 2. The van der Waals surface area contributed by atoms with Crippen molar-refractivity contribution in [3.8, 4) is 0 Å². The minimum atomic E-state index is -0.771. The Labute approximate surface area is 195 Å². The molecule has 1 fully saturated rings. The summed E-state index contributed by atoms with van der Waals surface area (Å²) in [6.07, 6.45) is 0.0799. The van der Waals surface area contributed by atoms with Crippen LogP contribution >= 0.6 is 0 Å². The minimum absolute atomic E-state index is 0.403. The van der Waals surface area contributed by atoms with Gasteiger partial charge >= 0.3 is 12.2 Å². The molecule has 1 aromatic carbocycles. The first-order chi connectivity index (χ1) is 15.4. The Kier molecular flexibility index (Phi) is 9.48. The van der Waals surface area contributed by atoms with E-state index in [1.54, 1.807) is 72.0 Å². The van der Waals surface area contributed by atoms with Crippen LogP contribution in [0.15, 0.2) is 29.4 Å². The maximum atomic E-state index is 12.7. The summed E-state index contributed by atoms with van der Waals surface area (Å²) in [7, 11) is 0. The number of hydrogen-bond donors (Lipinski definition) is 1. The van der Waals surface area contributed by atoms with E-state index >= 15 is 0 Å². The van der Waals surface area contributed by atoms with Gasteiger partial charge in [0.25, 0.3) is 0 Å². The summed E-state index contributed by atoms with van der Waals surface area (Å²) >= 11 is 0. The Hall–Kier alpha value is -2.85. The molecule has 1 N–H and O–H groups in total. The first kappa shape index (κ1) is 26.4. The predicted molar refractivity (Wildman–Crippen MR) is 125 cm³/mol. The van der Waals surface area contributed by atoms with Crippen molar-refractivity contribution in [2.75, 3.05) is 44.5 Å². The lowest BCUT2D eigenvalue weighted by molar-refractivity contribution is 0.0214. The van der Waals surface area contributed by atoms with Crippen molar-refractivity contribution in [2.24, 2.45) is 5.16 Å². The summed E-state index contributed by atoms with van der Waals surface area (Å²) in [5.41, 5.74) is 2.17. The van der Waals surface area contributed by atoms with Gasteiger partial charge in [0.2, 0.25) is 0 Å². The first-order valence-corrected chi connectivity index (χ1v) is 11.0. The molecule has 0 spiro atoms. The van der Waals surface area contributed by atoms with Crippen molar-refractivity contribution in [2.45, 2.75) is 52.7 Å². The van der Waals surface area contributed by atoms with Crippen molar-refractivity contribution < 1.29 is 28.6 Å². The number of benzene rings is 1. The number of nitrogens with one attached hydrogen (secondary N) is 1. The fourth-order valence-corrected chi connectivity index (χ4v) is 2.77. The van der Waals surface area contributed by atoms with Gasteiger partial charge in [-0.15, -0.1) is 0 Å². The van der Waals surface area contributed by atoms with Gasteiger partial charge in [-0.05, 0) is 59.2 Å². The second-order valence-corrected chi connectivity index (χ2v) is 9.54. The highest BCUT2D eigenvalue weighted by molar-refractivity contribution is 5.91. The maximum Gasteiger partial charge on any atom is 0.434 e. The molecule has 1 saturated heterocycles. The van der Waals surface area contributed by atoms with Gasteiger partial charge in [0.15, 0.2) is 0 Å². The van der Waals surface area contributed by atoms with Gasteiger partial charge in [-0.2, -0.15) is 5.01 Å². The number of anilines is 1. The number of rotatable bonds is 6. The van der Waals surface area contributed by atoms with Crippen molar-refractivity contribution in [1.82, 2.24) is 10.3 Å². The van der Waals surface area contributed by atoms with Crippen LogP contribution in [0.4, 0.5) is 15.3 Å². The summed E-state index contributed by atoms with van der Waals surface area (Å²) in [5.74, 6) is 0. The van der Waals surface area contributed by atoms with Crippen molar-refractivity contribution >= 4 is 24.1 Å². The Bertz CT molecular complexity index is 793. The molecule has 2 amide bonds. The van der Waals surface area contributed by atoms with Gasteiger partial charge in [0, 0.05) is 19.6 Å². The third kappa shape index (κ3) is 10.5. The SMILES string of the molecule is CC(C)(C)OC(=O)NN(C(=O)OC(C)(C)C)c1ccc(C=NOCCN2CCOCC2)cc1. The summed E-state index contributed by atoms with van der Waals surface area (Å²) < 4.78 is 16.0. The second-order valence-electron chi connectivity index (χ2n) is 9.54. The van der Waals surface area contributed by atoms with Crippen molar-refractivity contribution in [1.29, 1.82) is 0 Å². The molecule has 0 unspecified atom stereocenters. The molecule has 0 aliphatic carbocycles. The van der Waals surface area contributed by atoms with E-state index in [4.69, 9.17) is 19.0 Å². The smallest absolute Gasteiger partial charge is 0.434 e. The second kappa shape index (κ2) is 11.9. The van der Waals surface area contributed by atoms with Gasteiger partial charge in [0.1, 0.15) is 17.8 Å². The lowest BCUT2D eigenvalue weighted by Gasteiger charge is -2.28. The number of hydrogen-bond acceptors (Lipinski definition) is 8. The maximum absolute atomic E-state index is 12.7. The van der Waals surface area contributed by atoms with Crippen LogP contribution in [0.1, 0.15) is 47.1 Å². The van der Waals surface area contributed by atoms with Crippen LogP contribution in [-0.2, 0) is 19.0 Å².